The number of anilines is 1. The fourth-order valence-electron chi connectivity index (χ4n) is 1.78. The van der Waals surface area contributed by atoms with Gasteiger partial charge < -0.3 is 10.5 Å². The van der Waals surface area contributed by atoms with Gasteiger partial charge in [-0.05, 0) is 66.6 Å². The van der Waals surface area contributed by atoms with Crippen molar-refractivity contribution in [2.45, 2.75) is 20.8 Å². The Bertz CT molecular complexity index is 578. The molecule has 0 amide bonds. The number of nitrogens with zero attached hydrogens (tertiary/aromatic N) is 1. The van der Waals surface area contributed by atoms with Gasteiger partial charge in [0.15, 0.2) is 5.82 Å². The van der Waals surface area contributed by atoms with Crippen LogP contribution < -0.4 is 10.5 Å². The Balaban J connectivity index is 2.61. The third-order valence-electron chi connectivity index (χ3n) is 2.90. The minimum Gasteiger partial charge on any atom is -0.493 e. The lowest BCUT2D eigenvalue weighted by molar-refractivity contribution is 0.341. The van der Waals surface area contributed by atoms with Gasteiger partial charge in [-0.25, -0.2) is 0 Å². The largest absolute Gasteiger partial charge is 0.493 e. The summed E-state index contributed by atoms with van der Waals surface area (Å²) in [6.45, 7) is 6.77. The Kier molecular flexibility index (Phi) is 3.79. The summed E-state index contributed by atoms with van der Waals surface area (Å²) in [5, 5.41) is 7.01. The summed E-state index contributed by atoms with van der Waals surface area (Å²) < 4.78 is 6.63. The van der Waals surface area contributed by atoms with E-state index in [4.69, 9.17) is 10.5 Å². The molecule has 96 valence electrons. The summed E-state index contributed by atoms with van der Waals surface area (Å²) in [6, 6.07) is 4.16. The molecule has 0 aliphatic rings. The third-order valence-corrected chi connectivity index (χ3v) is 3.99. The number of aromatic amines is 1. The first-order chi connectivity index (χ1) is 8.54. The molecular formula is C13H16IN3O. The topological polar surface area (TPSA) is 63.9 Å². The van der Waals surface area contributed by atoms with Crippen molar-refractivity contribution in [2.24, 2.45) is 0 Å². The Hall–Kier alpha value is -1.24. The lowest BCUT2D eigenvalue weighted by Crippen LogP contribution is -1.97. The number of benzene rings is 1. The molecule has 0 atom stereocenters. The number of aromatic nitrogens is 2. The van der Waals surface area contributed by atoms with E-state index in [-0.39, 0.29) is 0 Å². The summed E-state index contributed by atoms with van der Waals surface area (Å²) in [6.07, 6.45) is 0. The molecule has 1 heterocycles. The SMILES string of the molecule is CCOc1cc(C)c(C)cc1-c1[nH]nc(N)c1I. The Morgan fingerprint density at radius 1 is 1.33 bits per heavy atom. The first-order valence-electron chi connectivity index (χ1n) is 5.78. The van der Waals surface area contributed by atoms with Crippen LogP contribution in [-0.2, 0) is 0 Å². The van der Waals surface area contributed by atoms with Crippen LogP contribution in [0.5, 0.6) is 5.75 Å². The molecule has 0 saturated carbocycles. The molecule has 3 N–H and O–H groups in total. The Labute approximate surface area is 120 Å². The normalized spacial score (nSPS) is 10.7. The number of rotatable bonds is 3. The second kappa shape index (κ2) is 5.17. The molecule has 0 aliphatic heterocycles. The molecule has 0 bridgehead atoms. The highest BCUT2D eigenvalue weighted by Crippen LogP contribution is 2.35. The van der Waals surface area contributed by atoms with Crippen molar-refractivity contribution in [3.05, 3.63) is 26.8 Å². The van der Waals surface area contributed by atoms with Gasteiger partial charge in [0, 0.05) is 5.56 Å². The molecule has 0 spiro atoms. The highest BCUT2D eigenvalue weighted by molar-refractivity contribution is 14.1. The van der Waals surface area contributed by atoms with E-state index < -0.39 is 0 Å². The highest BCUT2D eigenvalue weighted by atomic mass is 127. The Morgan fingerprint density at radius 2 is 2.00 bits per heavy atom. The van der Waals surface area contributed by atoms with Crippen LogP contribution in [0, 0.1) is 17.4 Å². The number of H-pyrrole nitrogens is 1. The quantitative estimate of drug-likeness (QED) is 0.829. The van der Waals surface area contributed by atoms with Crippen molar-refractivity contribution < 1.29 is 4.74 Å². The van der Waals surface area contributed by atoms with Crippen molar-refractivity contribution >= 4 is 28.4 Å². The molecule has 1 aromatic carbocycles. The maximum absolute atomic E-state index is 5.78. The first kappa shape index (κ1) is 13.2. The van der Waals surface area contributed by atoms with Gasteiger partial charge in [0.2, 0.25) is 0 Å². The number of nitrogens with one attached hydrogen (secondary N) is 1. The number of aryl methyl sites for hydroxylation is 2. The van der Waals surface area contributed by atoms with Crippen LogP contribution in [0.15, 0.2) is 12.1 Å². The zero-order chi connectivity index (χ0) is 13.3. The number of ether oxygens (including phenoxy) is 1. The van der Waals surface area contributed by atoms with Gasteiger partial charge in [0.1, 0.15) is 5.75 Å². The van der Waals surface area contributed by atoms with Crippen LogP contribution in [0.25, 0.3) is 11.3 Å². The zero-order valence-electron chi connectivity index (χ0n) is 10.7. The Morgan fingerprint density at radius 3 is 2.56 bits per heavy atom. The van der Waals surface area contributed by atoms with Crippen molar-refractivity contribution in [1.82, 2.24) is 10.2 Å². The van der Waals surface area contributed by atoms with E-state index in [1.54, 1.807) is 0 Å². The van der Waals surface area contributed by atoms with Crippen molar-refractivity contribution in [2.75, 3.05) is 12.3 Å². The molecule has 5 heteroatoms. The van der Waals surface area contributed by atoms with E-state index in [1.165, 1.54) is 11.1 Å². The number of hydrogen-bond donors (Lipinski definition) is 2. The van der Waals surface area contributed by atoms with E-state index in [0.717, 1.165) is 20.6 Å². The van der Waals surface area contributed by atoms with Gasteiger partial charge in [-0.1, -0.05) is 0 Å². The fourth-order valence-corrected chi connectivity index (χ4v) is 2.31. The second-order valence-electron chi connectivity index (χ2n) is 4.16. The van der Waals surface area contributed by atoms with Crippen molar-refractivity contribution in [3.63, 3.8) is 0 Å². The average Bonchev–Trinajstić information content (AvgIpc) is 2.65. The van der Waals surface area contributed by atoms with E-state index in [0.29, 0.717) is 12.4 Å². The molecule has 1 aromatic heterocycles. The maximum Gasteiger partial charge on any atom is 0.159 e. The van der Waals surface area contributed by atoms with E-state index in [2.05, 4.69) is 58.8 Å². The smallest absolute Gasteiger partial charge is 0.159 e. The summed E-state index contributed by atoms with van der Waals surface area (Å²) in [5.74, 6) is 1.38. The molecule has 0 radical (unpaired) electrons. The summed E-state index contributed by atoms with van der Waals surface area (Å²) in [5.41, 5.74) is 10.1. The monoisotopic (exact) mass is 357 g/mol. The van der Waals surface area contributed by atoms with Gasteiger partial charge in [-0.3, -0.25) is 5.10 Å². The highest BCUT2D eigenvalue weighted by Gasteiger charge is 2.15. The molecule has 2 aromatic rings. The summed E-state index contributed by atoms with van der Waals surface area (Å²) in [4.78, 5) is 0. The lowest BCUT2D eigenvalue weighted by Gasteiger charge is -2.12. The summed E-state index contributed by atoms with van der Waals surface area (Å²) in [7, 11) is 0. The van der Waals surface area contributed by atoms with Gasteiger partial charge in [-0.2, -0.15) is 5.10 Å². The predicted molar refractivity (Wildman–Crippen MR) is 81.8 cm³/mol. The van der Waals surface area contributed by atoms with Crippen LogP contribution in [0.1, 0.15) is 18.1 Å². The second-order valence-corrected chi connectivity index (χ2v) is 5.24. The first-order valence-corrected chi connectivity index (χ1v) is 6.86. The zero-order valence-corrected chi connectivity index (χ0v) is 12.8. The van der Waals surface area contributed by atoms with E-state index >= 15 is 0 Å². The van der Waals surface area contributed by atoms with Gasteiger partial charge >= 0.3 is 0 Å². The lowest BCUT2D eigenvalue weighted by atomic mass is 10.0. The van der Waals surface area contributed by atoms with Crippen LogP contribution in [-0.4, -0.2) is 16.8 Å². The van der Waals surface area contributed by atoms with Gasteiger partial charge in [0.25, 0.3) is 0 Å². The molecule has 2 rings (SSSR count). The number of hydrogen-bond acceptors (Lipinski definition) is 3. The van der Waals surface area contributed by atoms with Crippen LogP contribution >= 0.6 is 22.6 Å². The van der Waals surface area contributed by atoms with Gasteiger partial charge in [0.05, 0.1) is 15.9 Å². The van der Waals surface area contributed by atoms with Crippen molar-refractivity contribution in [3.8, 4) is 17.0 Å². The summed E-state index contributed by atoms with van der Waals surface area (Å²) >= 11 is 2.19. The van der Waals surface area contributed by atoms with Crippen molar-refractivity contribution in [1.29, 1.82) is 0 Å². The van der Waals surface area contributed by atoms with Crippen LogP contribution in [0.2, 0.25) is 0 Å². The third kappa shape index (κ3) is 2.31. The molecule has 0 saturated heterocycles. The molecule has 4 nitrogen and oxygen atoms in total. The van der Waals surface area contributed by atoms with Crippen LogP contribution in [0.3, 0.4) is 0 Å². The number of nitrogens with two attached hydrogens (primary N) is 1. The van der Waals surface area contributed by atoms with E-state index in [1.807, 2.05) is 6.92 Å². The average molecular weight is 357 g/mol. The minimum absolute atomic E-state index is 0.520. The predicted octanol–water partition coefficient (Wildman–Crippen LogP) is 3.28. The molecular weight excluding hydrogens is 341 g/mol. The minimum atomic E-state index is 0.520. The van der Waals surface area contributed by atoms with E-state index in [9.17, 15) is 0 Å². The molecule has 18 heavy (non-hydrogen) atoms. The number of halogens is 1. The number of nitrogen functional groups attached to an aromatic ring is 1. The molecule has 0 fully saturated rings. The standard InChI is InChI=1S/C13H16IN3O/c1-4-18-10-6-8(3)7(2)5-9(10)12-11(14)13(15)17-16-12/h5-6H,4H2,1-3H3,(H3,15,16,17). The fraction of sp³-hybridized carbons (Fsp3) is 0.308. The molecule has 0 aliphatic carbocycles. The van der Waals surface area contributed by atoms with Gasteiger partial charge in [-0.15, -0.1) is 0 Å². The van der Waals surface area contributed by atoms with Crippen LogP contribution in [0.4, 0.5) is 5.82 Å². The molecule has 0 unspecified atom stereocenters. The maximum atomic E-state index is 5.78.